The summed E-state index contributed by atoms with van der Waals surface area (Å²) in [7, 11) is 0. The molecule has 1 fully saturated rings. The zero-order valence-corrected chi connectivity index (χ0v) is 18.6. The molecule has 0 saturated carbocycles. The molecule has 1 unspecified atom stereocenters. The molecular weight excluding hydrogens is 532 g/mol. The summed E-state index contributed by atoms with van der Waals surface area (Å²) in [6.45, 7) is 3.34. The third kappa shape index (κ3) is 8.91. The summed E-state index contributed by atoms with van der Waals surface area (Å²) in [6.07, 6.45) is -2.60. The zero-order valence-electron chi connectivity index (χ0n) is 13.9. The van der Waals surface area contributed by atoms with Crippen LogP contribution in [0.15, 0.2) is 20.9 Å². The predicted molar refractivity (Wildman–Crippen MR) is 111 cm³/mol. The van der Waals surface area contributed by atoms with Gasteiger partial charge in [-0.1, -0.05) is 0 Å². The van der Waals surface area contributed by atoms with Gasteiger partial charge in [0.15, 0.2) is 5.96 Å². The molecule has 1 aromatic rings. The summed E-state index contributed by atoms with van der Waals surface area (Å²) in [6, 6.07) is 4.08. The van der Waals surface area contributed by atoms with Crippen molar-refractivity contribution in [1.29, 1.82) is 0 Å². The van der Waals surface area contributed by atoms with Crippen molar-refractivity contribution in [1.82, 2.24) is 15.5 Å². The van der Waals surface area contributed by atoms with E-state index in [9.17, 15) is 13.2 Å². The molecule has 1 aliphatic rings. The Kier molecular flexibility index (Phi) is 10.0. The van der Waals surface area contributed by atoms with Gasteiger partial charge in [0.05, 0.1) is 10.3 Å². The molecule has 1 saturated heterocycles. The fourth-order valence-electron chi connectivity index (χ4n) is 2.62. The molecular formula is C15H23BrF3IN4S. The molecule has 1 atom stereocenters. The number of alkyl halides is 3. The number of thiophene rings is 1. The normalized spacial score (nSPS) is 18.9. The molecule has 0 spiro atoms. The molecule has 2 heterocycles. The minimum absolute atomic E-state index is 0. The quantitative estimate of drug-likeness (QED) is 0.319. The zero-order chi connectivity index (χ0) is 17.6. The highest BCUT2D eigenvalue weighted by Crippen LogP contribution is 2.22. The van der Waals surface area contributed by atoms with Crippen molar-refractivity contribution in [3.05, 3.63) is 20.8 Å². The Bertz CT molecular complexity index is 553. The lowest BCUT2D eigenvalue weighted by Crippen LogP contribution is -2.45. The average molecular weight is 555 g/mol. The van der Waals surface area contributed by atoms with E-state index in [1.54, 1.807) is 11.3 Å². The van der Waals surface area contributed by atoms with Gasteiger partial charge in [-0.3, -0.25) is 9.89 Å². The standard InChI is InChI=1S/C15H22BrF3N4S.HI/c1-2-20-14(21-7-5-12-3-4-13(16)24-12)22-11-6-8-23(9-11)10-15(17,18)19;/h3-4,11H,2,5-10H2,1H3,(H2,20,21,22);1H. The second-order valence-electron chi connectivity index (χ2n) is 5.70. The SMILES string of the molecule is CCNC(=NCCc1ccc(Br)s1)NC1CCN(CC(F)(F)F)C1.I. The van der Waals surface area contributed by atoms with Crippen LogP contribution in [-0.2, 0) is 6.42 Å². The van der Waals surface area contributed by atoms with E-state index < -0.39 is 12.7 Å². The third-order valence-electron chi connectivity index (χ3n) is 3.62. The first-order valence-corrected chi connectivity index (χ1v) is 9.55. The number of guanidine groups is 1. The highest BCUT2D eigenvalue weighted by Gasteiger charge is 2.34. The van der Waals surface area contributed by atoms with Crippen LogP contribution in [0.2, 0.25) is 0 Å². The van der Waals surface area contributed by atoms with Gasteiger partial charge in [0.2, 0.25) is 0 Å². The summed E-state index contributed by atoms with van der Waals surface area (Å²) in [5.74, 6) is 0.673. The van der Waals surface area contributed by atoms with Crippen LogP contribution in [0.1, 0.15) is 18.2 Å². The van der Waals surface area contributed by atoms with Gasteiger partial charge in [0.1, 0.15) is 0 Å². The second-order valence-corrected chi connectivity index (χ2v) is 8.24. The Labute approximate surface area is 175 Å². The molecule has 0 aromatic carbocycles. The van der Waals surface area contributed by atoms with E-state index >= 15 is 0 Å². The van der Waals surface area contributed by atoms with E-state index in [1.165, 1.54) is 9.78 Å². The maximum absolute atomic E-state index is 12.4. The molecule has 0 amide bonds. The Hall–Kier alpha value is -0.0700. The van der Waals surface area contributed by atoms with E-state index in [-0.39, 0.29) is 30.0 Å². The lowest BCUT2D eigenvalue weighted by atomic mass is 10.3. The molecule has 2 N–H and O–H groups in total. The number of likely N-dealkylation sites (tertiary alicyclic amines) is 1. The topological polar surface area (TPSA) is 39.7 Å². The molecule has 144 valence electrons. The van der Waals surface area contributed by atoms with Crippen LogP contribution in [0, 0.1) is 0 Å². The number of aliphatic imine (C=N–C) groups is 1. The van der Waals surface area contributed by atoms with E-state index in [0.717, 1.165) is 16.8 Å². The van der Waals surface area contributed by atoms with Crippen LogP contribution < -0.4 is 10.6 Å². The number of halogens is 5. The predicted octanol–water partition coefficient (Wildman–Crippen LogP) is 3.86. The summed E-state index contributed by atoms with van der Waals surface area (Å²) < 4.78 is 38.4. The third-order valence-corrected chi connectivity index (χ3v) is 5.30. The smallest absolute Gasteiger partial charge is 0.357 e. The Morgan fingerprint density at radius 2 is 2.20 bits per heavy atom. The van der Waals surface area contributed by atoms with Crippen molar-refractivity contribution < 1.29 is 13.2 Å². The van der Waals surface area contributed by atoms with Gasteiger partial charge in [-0.15, -0.1) is 35.3 Å². The molecule has 0 aliphatic carbocycles. The maximum Gasteiger partial charge on any atom is 0.401 e. The number of nitrogens with one attached hydrogen (secondary N) is 2. The van der Waals surface area contributed by atoms with Crippen LogP contribution in [0.4, 0.5) is 13.2 Å². The van der Waals surface area contributed by atoms with Gasteiger partial charge in [-0.25, -0.2) is 0 Å². The molecule has 10 heteroatoms. The molecule has 0 bridgehead atoms. The van der Waals surface area contributed by atoms with Crippen LogP contribution in [0.3, 0.4) is 0 Å². The summed E-state index contributed by atoms with van der Waals surface area (Å²) >= 11 is 5.12. The minimum atomic E-state index is -4.14. The van der Waals surface area contributed by atoms with Gasteiger partial charge in [-0.05, 0) is 41.4 Å². The number of nitrogens with zero attached hydrogens (tertiary/aromatic N) is 2. The van der Waals surface area contributed by atoms with Crippen molar-refractivity contribution in [3.8, 4) is 0 Å². The van der Waals surface area contributed by atoms with Crippen LogP contribution >= 0.6 is 51.2 Å². The van der Waals surface area contributed by atoms with Crippen molar-refractivity contribution in [2.24, 2.45) is 4.99 Å². The number of hydrogen-bond acceptors (Lipinski definition) is 3. The summed E-state index contributed by atoms with van der Waals surface area (Å²) in [5, 5.41) is 6.40. The van der Waals surface area contributed by atoms with Gasteiger partial charge < -0.3 is 10.6 Å². The Morgan fingerprint density at radius 3 is 2.80 bits per heavy atom. The number of rotatable bonds is 6. The fraction of sp³-hybridized carbons (Fsp3) is 0.667. The minimum Gasteiger partial charge on any atom is -0.357 e. The van der Waals surface area contributed by atoms with Crippen LogP contribution in [0.5, 0.6) is 0 Å². The molecule has 25 heavy (non-hydrogen) atoms. The first-order valence-electron chi connectivity index (χ1n) is 7.94. The maximum atomic E-state index is 12.4. The highest BCUT2D eigenvalue weighted by molar-refractivity contribution is 14.0. The van der Waals surface area contributed by atoms with Crippen molar-refractivity contribution in [2.75, 3.05) is 32.7 Å². The molecule has 1 aliphatic heterocycles. The van der Waals surface area contributed by atoms with Crippen molar-refractivity contribution >= 4 is 57.2 Å². The van der Waals surface area contributed by atoms with E-state index in [2.05, 4.69) is 37.6 Å². The van der Waals surface area contributed by atoms with E-state index in [1.807, 2.05) is 13.0 Å². The lowest BCUT2D eigenvalue weighted by Gasteiger charge is -2.19. The number of hydrogen-bond donors (Lipinski definition) is 2. The van der Waals surface area contributed by atoms with Crippen LogP contribution in [-0.4, -0.2) is 55.8 Å². The molecule has 1 aromatic heterocycles. The highest BCUT2D eigenvalue weighted by atomic mass is 127. The van der Waals surface area contributed by atoms with Crippen molar-refractivity contribution in [3.63, 3.8) is 0 Å². The fourth-order valence-corrected chi connectivity index (χ4v) is 4.10. The molecule has 2 rings (SSSR count). The van der Waals surface area contributed by atoms with Gasteiger partial charge >= 0.3 is 6.18 Å². The van der Waals surface area contributed by atoms with E-state index in [0.29, 0.717) is 32.0 Å². The van der Waals surface area contributed by atoms with Gasteiger partial charge in [-0.2, -0.15) is 13.2 Å². The summed E-state index contributed by atoms with van der Waals surface area (Å²) in [5.41, 5.74) is 0. The molecule has 4 nitrogen and oxygen atoms in total. The van der Waals surface area contributed by atoms with Gasteiger partial charge in [0, 0.05) is 43.5 Å². The molecule has 0 radical (unpaired) electrons. The first kappa shape index (κ1) is 23.0. The van der Waals surface area contributed by atoms with Gasteiger partial charge in [0.25, 0.3) is 0 Å². The Balaban J connectivity index is 0.00000312. The van der Waals surface area contributed by atoms with Crippen molar-refractivity contribution in [2.45, 2.75) is 32.0 Å². The Morgan fingerprint density at radius 1 is 1.44 bits per heavy atom. The monoisotopic (exact) mass is 554 g/mol. The lowest BCUT2D eigenvalue weighted by molar-refractivity contribution is -0.143. The second kappa shape index (κ2) is 10.9. The summed E-state index contributed by atoms with van der Waals surface area (Å²) in [4.78, 5) is 7.21. The largest absolute Gasteiger partial charge is 0.401 e. The van der Waals surface area contributed by atoms with E-state index in [4.69, 9.17) is 0 Å². The van der Waals surface area contributed by atoms with Crippen LogP contribution in [0.25, 0.3) is 0 Å². The average Bonchev–Trinajstić information content (AvgIpc) is 3.07. The first-order chi connectivity index (χ1) is 11.4.